The number of benzene rings is 2. The molecular weight excluding hydrogens is 433 g/mol. The minimum Gasteiger partial charge on any atom is -0.233 e. The summed E-state index contributed by atoms with van der Waals surface area (Å²) in [7, 11) is -3.39. The monoisotopic (exact) mass is 444 g/mol. The van der Waals surface area contributed by atoms with Crippen LogP contribution in [0.4, 0.5) is 13.2 Å². The minimum absolute atomic E-state index is 0.0898. The average molecular weight is 445 g/mol. The third-order valence-corrected chi connectivity index (χ3v) is 5.31. The van der Waals surface area contributed by atoms with E-state index in [1.165, 1.54) is 28.9 Å². The number of aromatic nitrogens is 2. The van der Waals surface area contributed by atoms with E-state index in [9.17, 15) is 21.6 Å². The molecule has 0 amide bonds. The van der Waals surface area contributed by atoms with Crippen LogP contribution in [-0.2, 0) is 16.0 Å². The molecule has 0 radical (unpaired) electrons. The lowest BCUT2D eigenvalue weighted by Gasteiger charge is -2.08. The molecule has 0 bridgehead atoms. The molecule has 0 N–H and O–H groups in total. The molecule has 0 spiro atoms. The van der Waals surface area contributed by atoms with Crippen molar-refractivity contribution in [3.05, 3.63) is 64.8 Å². The maximum atomic E-state index is 13.1. The molecule has 0 aliphatic rings. The van der Waals surface area contributed by atoms with Gasteiger partial charge in [0.1, 0.15) is 0 Å². The Bertz CT molecular complexity index is 1040. The molecule has 0 unspecified atom stereocenters. The highest BCUT2D eigenvalue weighted by Gasteiger charge is 2.35. The van der Waals surface area contributed by atoms with Crippen molar-refractivity contribution in [3.8, 4) is 16.9 Å². The maximum absolute atomic E-state index is 13.1. The molecule has 3 rings (SSSR count). The van der Waals surface area contributed by atoms with Gasteiger partial charge in [0, 0.05) is 16.3 Å². The molecule has 2 aromatic carbocycles. The van der Waals surface area contributed by atoms with Gasteiger partial charge in [0.05, 0.1) is 16.3 Å². The van der Waals surface area contributed by atoms with Crippen LogP contribution in [0.1, 0.15) is 5.69 Å². The summed E-state index contributed by atoms with van der Waals surface area (Å²) in [5.74, 6) is 0. The van der Waals surface area contributed by atoms with Crippen LogP contribution >= 0.6 is 15.9 Å². The molecule has 4 nitrogen and oxygen atoms in total. The minimum atomic E-state index is -4.60. The summed E-state index contributed by atoms with van der Waals surface area (Å²) in [6, 6.07) is 13.2. The van der Waals surface area contributed by atoms with Gasteiger partial charge in [-0.3, -0.25) is 0 Å². The number of nitrogens with zero attached hydrogens (tertiary/aromatic N) is 2. The Hall–Kier alpha value is -2.13. The van der Waals surface area contributed by atoms with Gasteiger partial charge in [-0.25, -0.2) is 13.1 Å². The first-order valence-electron chi connectivity index (χ1n) is 7.29. The van der Waals surface area contributed by atoms with Crippen LogP contribution in [0.5, 0.6) is 0 Å². The summed E-state index contributed by atoms with van der Waals surface area (Å²) in [6.45, 7) is 0. The molecule has 0 aliphatic carbocycles. The van der Waals surface area contributed by atoms with Crippen LogP contribution in [-0.4, -0.2) is 24.5 Å². The summed E-state index contributed by atoms with van der Waals surface area (Å²) >= 11 is 3.28. The van der Waals surface area contributed by atoms with Crippen molar-refractivity contribution in [2.45, 2.75) is 11.1 Å². The van der Waals surface area contributed by atoms with Gasteiger partial charge in [-0.1, -0.05) is 28.1 Å². The third-order valence-electron chi connectivity index (χ3n) is 3.65. The lowest BCUT2D eigenvalue weighted by Crippen LogP contribution is -2.07. The Morgan fingerprint density at radius 2 is 1.58 bits per heavy atom. The molecule has 3 aromatic rings. The third kappa shape index (κ3) is 3.83. The number of hydrogen-bond donors (Lipinski definition) is 0. The second kappa shape index (κ2) is 6.55. The molecule has 0 fully saturated rings. The quantitative estimate of drug-likeness (QED) is 0.586. The van der Waals surface area contributed by atoms with E-state index in [4.69, 9.17) is 0 Å². The maximum Gasteiger partial charge on any atom is 0.435 e. The van der Waals surface area contributed by atoms with Crippen molar-refractivity contribution in [2.75, 3.05) is 6.26 Å². The number of hydrogen-bond acceptors (Lipinski definition) is 3. The van der Waals surface area contributed by atoms with Gasteiger partial charge in [-0.2, -0.15) is 18.3 Å². The second-order valence-electron chi connectivity index (χ2n) is 5.60. The Balaban J connectivity index is 2.16. The molecule has 9 heteroatoms. The largest absolute Gasteiger partial charge is 0.435 e. The molecule has 0 aliphatic heterocycles. The van der Waals surface area contributed by atoms with Gasteiger partial charge in [0.25, 0.3) is 0 Å². The Kier molecular flexibility index (Phi) is 4.70. The smallest absolute Gasteiger partial charge is 0.233 e. The molecule has 0 saturated carbocycles. The molecule has 26 heavy (non-hydrogen) atoms. The molecule has 1 heterocycles. The van der Waals surface area contributed by atoms with Crippen LogP contribution in [0.15, 0.2) is 64.0 Å². The first-order valence-corrected chi connectivity index (χ1v) is 9.98. The van der Waals surface area contributed by atoms with Crippen molar-refractivity contribution in [3.63, 3.8) is 0 Å². The standard InChI is InChI=1S/C17H12BrF3N2O2S/c1-26(24,25)14-8-2-11(3-9-14)15-10-16(17(19,20)21)22-23(15)13-6-4-12(18)5-7-13/h2-10H,1H3. The fourth-order valence-electron chi connectivity index (χ4n) is 2.38. The van der Waals surface area contributed by atoms with Crippen molar-refractivity contribution < 1.29 is 21.6 Å². The SMILES string of the molecule is CS(=O)(=O)c1ccc(-c2cc(C(F)(F)F)nn2-c2ccc(Br)cc2)cc1. The fraction of sp³-hybridized carbons (Fsp3) is 0.118. The van der Waals surface area contributed by atoms with Crippen LogP contribution in [0.25, 0.3) is 16.9 Å². The summed E-state index contributed by atoms with van der Waals surface area (Å²) in [5, 5.41) is 3.69. The summed E-state index contributed by atoms with van der Waals surface area (Å²) < 4.78 is 64.5. The van der Waals surface area contributed by atoms with E-state index < -0.39 is 21.7 Å². The molecule has 0 atom stereocenters. The van der Waals surface area contributed by atoms with E-state index in [-0.39, 0.29) is 10.6 Å². The zero-order valence-corrected chi connectivity index (χ0v) is 15.7. The van der Waals surface area contributed by atoms with Crippen molar-refractivity contribution in [1.29, 1.82) is 0 Å². The number of halogens is 4. The molecule has 1 aromatic heterocycles. The Morgan fingerprint density at radius 1 is 1.00 bits per heavy atom. The topological polar surface area (TPSA) is 52.0 Å². The first kappa shape index (κ1) is 18.7. The fourth-order valence-corrected chi connectivity index (χ4v) is 3.27. The first-order chi connectivity index (χ1) is 12.1. The number of alkyl halides is 3. The summed E-state index contributed by atoms with van der Waals surface area (Å²) in [5.41, 5.74) is 0.0523. The Morgan fingerprint density at radius 3 is 2.08 bits per heavy atom. The molecular formula is C17H12BrF3N2O2S. The highest BCUT2D eigenvalue weighted by Crippen LogP contribution is 2.33. The number of rotatable bonds is 3. The second-order valence-corrected chi connectivity index (χ2v) is 8.53. The zero-order valence-electron chi connectivity index (χ0n) is 13.3. The highest BCUT2D eigenvalue weighted by atomic mass is 79.9. The highest BCUT2D eigenvalue weighted by molar-refractivity contribution is 9.10. The van der Waals surface area contributed by atoms with Crippen molar-refractivity contribution >= 4 is 25.8 Å². The summed E-state index contributed by atoms with van der Waals surface area (Å²) in [6.07, 6.45) is -3.53. The van der Waals surface area contributed by atoms with Crippen LogP contribution in [0.2, 0.25) is 0 Å². The van der Waals surface area contributed by atoms with Gasteiger partial charge in [-0.15, -0.1) is 0 Å². The van der Waals surface area contributed by atoms with Gasteiger partial charge in [0.15, 0.2) is 15.5 Å². The van der Waals surface area contributed by atoms with Gasteiger partial charge in [-0.05, 0) is 42.5 Å². The lowest BCUT2D eigenvalue weighted by atomic mass is 10.1. The van der Waals surface area contributed by atoms with Crippen LogP contribution in [0, 0.1) is 0 Å². The van der Waals surface area contributed by atoms with E-state index in [1.807, 2.05) is 0 Å². The van der Waals surface area contributed by atoms with E-state index in [1.54, 1.807) is 24.3 Å². The predicted molar refractivity (Wildman–Crippen MR) is 94.8 cm³/mol. The van der Waals surface area contributed by atoms with Crippen LogP contribution < -0.4 is 0 Å². The summed E-state index contributed by atoms with van der Waals surface area (Å²) in [4.78, 5) is 0.0898. The van der Waals surface area contributed by atoms with E-state index in [2.05, 4.69) is 21.0 Å². The average Bonchev–Trinajstić information content (AvgIpc) is 3.00. The van der Waals surface area contributed by atoms with Gasteiger partial charge >= 0.3 is 6.18 Å². The predicted octanol–water partition coefficient (Wildman–Crippen LogP) is 4.72. The van der Waals surface area contributed by atoms with E-state index in [0.29, 0.717) is 11.3 Å². The lowest BCUT2D eigenvalue weighted by molar-refractivity contribution is -0.141. The van der Waals surface area contributed by atoms with Gasteiger partial charge < -0.3 is 0 Å². The van der Waals surface area contributed by atoms with E-state index >= 15 is 0 Å². The normalized spacial score (nSPS) is 12.3. The molecule has 136 valence electrons. The van der Waals surface area contributed by atoms with E-state index in [0.717, 1.165) is 16.8 Å². The Labute approximate surface area is 156 Å². The van der Waals surface area contributed by atoms with Crippen molar-refractivity contribution in [2.24, 2.45) is 0 Å². The van der Waals surface area contributed by atoms with Gasteiger partial charge in [0.2, 0.25) is 0 Å². The van der Waals surface area contributed by atoms with Crippen molar-refractivity contribution in [1.82, 2.24) is 9.78 Å². The number of sulfone groups is 1. The zero-order chi connectivity index (χ0) is 19.1. The van der Waals surface area contributed by atoms with Crippen LogP contribution in [0.3, 0.4) is 0 Å². The molecule has 0 saturated heterocycles.